The Labute approximate surface area is 134 Å². The Bertz CT molecular complexity index is 843. The Morgan fingerprint density at radius 2 is 1.77 bits per heavy atom. The molecule has 0 fully saturated rings. The highest BCUT2D eigenvalue weighted by Gasteiger charge is 2.24. The van der Waals surface area contributed by atoms with Crippen molar-refractivity contribution in [3.05, 3.63) is 46.7 Å². The third-order valence-corrected chi connectivity index (χ3v) is 6.73. The smallest absolute Gasteiger partial charge is 0.225 e. The van der Waals surface area contributed by atoms with E-state index in [-0.39, 0.29) is 22.9 Å². The molecule has 0 aliphatic heterocycles. The Hall–Kier alpha value is -1.26. The fourth-order valence-corrected chi connectivity index (χ4v) is 4.81. The first-order valence-electron chi connectivity index (χ1n) is 6.40. The third kappa shape index (κ3) is 3.73. The summed E-state index contributed by atoms with van der Waals surface area (Å²) in [7, 11) is -7.74. The maximum Gasteiger partial charge on any atom is 0.243 e. The van der Waals surface area contributed by atoms with Crippen molar-refractivity contribution in [1.82, 2.24) is 4.31 Å². The van der Waals surface area contributed by atoms with Gasteiger partial charge in [0, 0.05) is 18.0 Å². The van der Waals surface area contributed by atoms with Crippen molar-refractivity contribution in [3.8, 4) is 0 Å². The number of primary sulfonamides is 1. The molecule has 2 N–H and O–H groups in total. The van der Waals surface area contributed by atoms with E-state index in [1.54, 1.807) is 6.92 Å². The molecule has 0 spiro atoms. The molecule has 0 radical (unpaired) electrons. The van der Waals surface area contributed by atoms with Crippen LogP contribution >= 0.6 is 11.3 Å². The maximum absolute atomic E-state index is 12.7. The van der Waals surface area contributed by atoms with E-state index in [2.05, 4.69) is 0 Å². The second-order valence-corrected chi connectivity index (χ2v) is 9.06. The highest BCUT2D eigenvalue weighted by atomic mass is 32.2. The first-order chi connectivity index (χ1) is 10.2. The molecule has 22 heavy (non-hydrogen) atoms. The molecule has 0 unspecified atom stereocenters. The summed E-state index contributed by atoms with van der Waals surface area (Å²) in [5.41, 5.74) is 0. The standard InChI is InChI=1S/C13H16N2O4S3/c1-2-15(10-11-5-4-8-20-11)22(18,19)13-7-3-6-12(9-13)21(14,16)17/h3-9H,2,10H2,1H3,(H2,14,16,17). The molecule has 0 saturated carbocycles. The van der Waals surface area contributed by atoms with Crippen molar-refractivity contribution in [2.24, 2.45) is 5.14 Å². The lowest BCUT2D eigenvalue weighted by Gasteiger charge is -2.20. The molecule has 2 rings (SSSR count). The van der Waals surface area contributed by atoms with Crippen LogP contribution in [-0.2, 0) is 26.6 Å². The largest absolute Gasteiger partial charge is 0.243 e. The van der Waals surface area contributed by atoms with E-state index in [9.17, 15) is 16.8 Å². The number of nitrogens with two attached hydrogens (primary N) is 1. The number of hydrogen-bond donors (Lipinski definition) is 1. The van der Waals surface area contributed by atoms with Crippen LogP contribution in [0.25, 0.3) is 0 Å². The lowest BCUT2D eigenvalue weighted by Crippen LogP contribution is -2.30. The van der Waals surface area contributed by atoms with Crippen LogP contribution in [0, 0.1) is 0 Å². The van der Waals surface area contributed by atoms with Crippen LogP contribution in [0.3, 0.4) is 0 Å². The van der Waals surface area contributed by atoms with E-state index in [1.165, 1.54) is 33.8 Å². The number of hydrogen-bond acceptors (Lipinski definition) is 5. The van der Waals surface area contributed by atoms with Gasteiger partial charge in [-0.3, -0.25) is 0 Å². The molecule has 9 heteroatoms. The second kappa shape index (κ2) is 6.47. The van der Waals surface area contributed by atoms with Gasteiger partial charge in [0.1, 0.15) is 0 Å². The molecule has 0 amide bonds. The van der Waals surface area contributed by atoms with Gasteiger partial charge in [-0.05, 0) is 29.6 Å². The molecule has 2 aromatic rings. The van der Waals surface area contributed by atoms with Gasteiger partial charge in [-0.2, -0.15) is 4.31 Å². The number of rotatable bonds is 6. The van der Waals surface area contributed by atoms with E-state index in [1.807, 2.05) is 17.5 Å². The highest BCUT2D eigenvalue weighted by Crippen LogP contribution is 2.22. The average Bonchev–Trinajstić information content (AvgIpc) is 2.97. The van der Waals surface area contributed by atoms with Crippen molar-refractivity contribution >= 4 is 31.4 Å². The Balaban J connectivity index is 2.40. The van der Waals surface area contributed by atoms with Gasteiger partial charge in [0.05, 0.1) is 9.79 Å². The van der Waals surface area contributed by atoms with E-state index in [0.717, 1.165) is 10.9 Å². The van der Waals surface area contributed by atoms with Crippen LogP contribution < -0.4 is 5.14 Å². The Morgan fingerprint density at radius 1 is 1.09 bits per heavy atom. The molecule has 120 valence electrons. The highest BCUT2D eigenvalue weighted by molar-refractivity contribution is 7.90. The van der Waals surface area contributed by atoms with E-state index >= 15 is 0 Å². The summed E-state index contributed by atoms with van der Waals surface area (Å²) < 4.78 is 49.4. The van der Waals surface area contributed by atoms with Gasteiger partial charge in [-0.15, -0.1) is 11.3 Å². The third-order valence-electron chi connectivity index (χ3n) is 3.04. The molecule has 0 saturated heterocycles. The van der Waals surface area contributed by atoms with Crippen LogP contribution in [0.4, 0.5) is 0 Å². The van der Waals surface area contributed by atoms with Gasteiger partial charge >= 0.3 is 0 Å². The monoisotopic (exact) mass is 360 g/mol. The van der Waals surface area contributed by atoms with Crippen molar-refractivity contribution in [3.63, 3.8) is 0 Å². The van der Waals surface area contributed by atoms with Gasteiger partial charge in [-0.1, -0.05) is 19.1 Å². The fourth-order valence-electron chi connectivity index (χ4n) is 1.90. The number of sulfonamides is 2. The summed E-state index contributed by atoms with van der Waals surface area (Å²) in [6.45, 7) is 2.25. The molecule has 0 aliphatic carbocycles. The van der Waals surface area contributed by atoms with Crippen LogP contribution in [-0.4, -0.2) is 27.7 Å². The first-order valence-corrected chi connectivity index (χ1v) is 10.3. The van der Waals surface area contributed by atoms with Gasteiger partial charge in [0.25, 0.3) is 0 Å². The van der Waals surface area contributed by atoms with Crippen molar-refractivity contribution < 1.29 is 16.8 Å². The predicted octanol–water partition coefficient (Wildman–Crippen LogP) is 1.61. The zero-order valence-electron chi connectivity index (χ0n) is 11.8. The summed E-state index contributed by atoms with van der Waals surface area (Å²) in [6, 6.07) is 8.78. The minimum absolute atomic E-state index is 0.0857. The minimum Gasteiger partial charge on any atom is -0.225 e. The molecule has 0 bridgehead atoms. The van der Waals surface area contributed by atoms with Crippen LogP contribution in [0.2, 0.25) is 0 Å². The molecule has 1 heterocycles. The SMILES string of the molecule is CCN(Cc1cccs1)S(=O)(=O)c1cccc(S(N)(=O)=O)c1. The number of nitrogens with zero attached hydrogens (tertiary/aromatic N) is 1. The fraction of sp³-hybridized carbons (Fsp3) is 0.231. The van der Waals surface area contributed by atoms with Crippen molar-refractivity contribution in [2.75, 3.05) is 6.54 Å². The predicted molar refractivity (Wildman–Crippen MR) is 85.4 cm³/mol. The van der Waals surface area contributed by atoms with Crippen LogP contribution in [0.15, 0.2) is 51.6 Å². The summed E-state index contributed by atoms with van der Waals surface area (Å²) in [5, 5.41) is 6.93. The molecular weight excluding hydrogens is 344 g/mol. The van der Waals surface area contributed by atoms with Crippen LogP contribution in [0.5, 0.6) is 0 Å². The van der Waals surface area contributed by atoms with Gasteiger partial charge in [0.15, 0.2) is 0 Å². The van der Waals surface area contributed by atoms with Gasteiger partial charge < -0.3 is 0 Å². The zero-order valence-corrected chi connectivity index (χ0v) is 14.3. The summed E-state index contributed by atoms with van der Waals surface area (Å²) in [5.74, 6) is 0. The molecule has 0 aliphatic rings. The Morgan fingerprint density at radius 3 is 2.32 bits per heavy atom. The normalized spacial score (nSPS) is 12.7. The van der Waals surface area contributed by atoms with Crippen LogP contribution in [0.1, 0.15) is 11.8 Å². The van der Waals surface area contributed by atoms with E-state index in [0.29, 0.717) is 0 Å². The quantitative estimate of drug-likeness (QED) is 0.846. The summed E-state index contributed by atoms with van der Waals surface area (Å²) >= 11 is 1.46. The van der Waals surface area contributed by atoms with E-state index < -0.39 is 20.0 Å². The van der Waals surface area contributed by atoms with Crippen molar-refractivity contribution in [1.29, 1.82) is 0 Å². The molecular formula is C13H16N2O4S3. The minimum atomic E-state index is -3.95. The molecule has 6 nitrogen and oxygen atoms in total. The average molecular weight is 360 g/mol. The first kappa shape index (κ1) is 17.1. The lowest BCUT2D eigenvalue weighted by atomic mass is 10.4. The lowest BCUT2D eigenvalue weighted by molar-refractivity contribution is 0.426. The topological polar surface area (TPSA) is 97.5 Å². The second-order valence-electron chi connectivity index (χ2n) is 4.53. The van der Waals surface area contributed by atoms with Crippen molar-refractivity contribution in [2.45, 2.75) is 23.3 Å². The molecule has 1 aromatic carbocycles. The number of benzene rings is 1. The summed E-state index contributed by atoms with van der Waals surface area (Å²) in [6.07, 6.45) is 0. The summed E-state index contributed by atoms with van der Waals surface area (Å²) in [4.78, 5) is 0.603. The Kier molecular flexibility index (Phi) is 5.03. The maximum atomic E-state index is 12.7. The zero-order chi connectivity index (χ0) is 16.4. The molecule has 0 atom stereocenters. The van der Waals surface area contributed by atoms with Gasteiger partial charge in [-0.25, -0.2) is 22.0 Å². The molecule has 1 aromatic heterocycles. The van der Waals surface area contributed by atoms with E-state index in [4.69, 9.17) is 5.14 Å². The number of thiophene rings is 1. The van der Waals surface area contributed by atoms with Gasteiger partial charge in [0.2, 0.25) is 20.0 Å².